The van der Waals surface area contributed by atoms with Crippen molar-refractivity contribution in [2.75, 3.05) is 0 Å². The average Bonchev–Trinajstić information content (AvgIpc) is 2.82. The second kappa shape index (κ2) is 6.81. The van der Waals surface area contributed by atoms with Gasteiger partial charge in [-0.25, -0.2) is 9.37 Å². The summed E-state index contributed by atoms with van der Waals surface area (Å²) in [6, 6.07) is 4.51. The van der Waals surface area contributed by atoms with Crippen LogP contribution in [0.15, 0.2) is 24.5 Å². The first kappa shape index (κ1) is 14.9. The summed E-state index contributed by atoms with van der Waals surface area (Å²) >= 11 is 5.95. The second-order valence-electron chi connectivity index (χ2n) is 4.66. The molecule has 0 fully saturated rings. The SMILES string of the molecule is CCCn1ncnc1CC(O)Cc1c(F)cccc1Cl. The normalized spacial score (nSPS) is 12.6. The fourth-order valence-corrected chi connectivity index (χ4v) is 2.33. The van der Waals surface area contributed by atoms with E-state index in [1.54, 1.807) is 16.8 Å². The minimum absolute atomic E-state index is 0.157. The minimum atomic E-state index is -0.746. The van der Waals surface area contributed by atoms with Crippen LogP contribution in [0.5, 0.6) is 0 Å². The maximum absolute atomic E-state index is 13.7. The molecule has 6 heteroatoms. The summed E-state index contributed by atoms with van der Waals surface area (Å²) in [5.74, 6) is 0.304. The van der Waals surface area contributed by atoms with Crippen molar-refractivity contribution in [3.8, 4) is 0 Å². The van der Waals surface area contributed by atoms with Gasteiger partial charge in [-0.1, -0.05) is 24.6 Å². The van der Waals surface area contributed by atoms with Crippen molar-refractivity contribution in [1.82, 2.24) is 14.8 Å². The summed E-state index contributed by atoms with van der Waals surface area (Å²) in [4.78, 5) is 4.13. The lowest BCUT2D eigenvalue weighted by atomic mass is 10.0. The zero-order valence-corrected chi connectivity index (χ0v) is 12.0. The van der Waals surface area contributed by atoms with Gasteiger partial charge in [-0.05, 0) is 18.6 Å². The highest BCUT2D eigenvalue weighted by molar-refractivity contribution is 6.31. The van der Waals surface area contributed by atoms with Gasteiger partial charge in [0.25, 0.3) is 0 Å². The molecule has 0 aliphatic rings. The van der Waals surface area contributed by atoms with E-state index >= 15 is 0 Å². The van der Waals surface area contributed by atoms with E-state index in [-0.39, 0.29) is 6.42 Å². The third kappa shape index (κ3) is 3.55. The van der Waals surface area contributed by atoms with Crippen LogP contribution in [0, 0.1) is 5.82 Å². The fourth-order valence-electron chi connectivity index (χ4n) is 2.09. The largest absolute Gasteiger partial charge is 0.392 e. The number of aliphatic hydroxyl groups is 1. The van der Waals surface area contributed by atoms with E-state index < -0.39 is 11.9 Å². The predicted octanol–water partition coefficient (Wildman–Crippen LogP) is 2.63. The van der Waals surface area contributed by atoms with Crippen LogP contribution in [0.3, 0.4) is 0 Å². The number of rotatable bonds is 6. The Morgan fingerprint density at radius 2 is 2.20 bits per heavy atom. The van der Waals surface area contributed by atoms with Crippen LogP contribution in [0.25, 0.3) is 0 Å². The molecule has 1 aromatic carbocycles. The molecule has 1 atom stereocenters. The van der Waals surface area contributed by atoms with Gasteiger partial charge in [-0.3, -0.25) is 4.68 Å². The van der Waals surface area contributed by atoms with Crippen molar-refractivity contribution < 1.29 is 9.50 Å². The molecule has 0 saturated heterocycles. The van der Waals surface area contributed by atoms with Gasteiger partial charge in [0.05, 0.1) is 6.10 Å². The molecule has 2 rings (SSSR count). The molecule has 1 aromatic heterocycles. The summed E-state index contributed by atoms with van der Waals surface area (Å²) in [6.45, 7) is 2.80. The van der Waals surface area contributed by atoms with Crippen LogP contribution in [0.2, 0.25) is 5.02 Å². The highest BCUT2D eigenvalue weighted by Crippen LogP contribution is 2.21. The number of benzene rings is 1. The molecule has 1 N–H and O–H groups in total. The molecule has 0 radical (unpaired) electrons. The van der Waals surface area contributed by atoms with Crippen molar-refractivity contribution >= 4 is 11.6 Å². The summed E-state index contributed by atoms with van der Waals surface area (Å²) in [7, 11) is 0. The highest BCUT2D eigenvalue weighted by Gasteiger charge is 2.15. The second-order valence-corrected chi connectivity index (χ2v) is 5.07. The zero-order valence-electron chi connectivity index (χ0n) is 11.3. The van der Waals surface area contributed by atoms with Gasteiger partial charge in [0, 0.05) is 30.0 Å². The Hall–Kier alpha value is -1.46. The number of aliphatic hydroxyl groups excluding tert-OH is 1. The smallest absolute Gasteiger partial charge is 0.138 e. The Bertz CT molecular complexity index is 553. The number of hydrogen-bond acceptors (Lipinski definition) is 3. The lowest BCUT2D eigenvalue weighted by Gasteiger charge is -2.12. The van der Waals surface area contributed by atoms with Gasteiger partial charge in [0.15, 0.2) is 0 Å². The van der Waals surface area contributed by atoms with Gasteiger partial charge >= 0.3 is 0 Å². The number of aromatic nitrogens is 3. The maximum atomic E-state index is 13.7. The monoisotopic (exact) mass is 297 g/mol. The molecule has 0 saturated carbocycles. The van der Waals surface area contributed by atoms with E-state index in [1.807, 2.05) is 6.92 Å². The fraction of sp³-hybridized carbons (Fsp3) is 0.429. The zero-order chi connectivity index (χ0) is 14.5. The van der Waals surface area contributed by atoms with Gasteiger partial charge in [-0.2, -0.15) is 5.10 Å². The van der Waals surface area contributed by atoms with Crippen LogP contribution in [0.1, 0.15) is 24.7 Å². The van der Waals surface area contributed by atoms with Crippen LogP contribution in [-0.4, -0.2) is 26.0 Å². The summed E-state index contributed by atoms with van der Waals surface area (Å²) < 4.78 is 15.4. The molecule has 1 heterocycles. The van der Waals surface area contributed by atoms with Crippen molar-refractivity contribution in [3.05, 3.63) is 46.8 Å². The standard InChI is InChI=1S/C14H17ClFN3O/c1-2-6-19-14(17-9-18-19)8-10(20)7-11-12(15)4-3-5-13(11)16/h3-5,9-10,20H,2,6-8H2,1H3. The summed E-state index contributed by atoms with van der Waals surface area (Å²) in [6.07, 6.45) is 2.14. The molecule has 20 heavy (non-hydrogen) atoms. The molecular formula is C14H17ClFN3O. The lowest BCUT2D eigenvalue weighted by Crippen LogP contribution is -2.18. The molecule has 108 valence electrons. The van der Waals surface area contributed by atoms with E-state index in [9.17, 15) is 9.50 Å². The Kier molecular flexibility index (Phi) is 5.09. The van der Waals surface area contributed by atoms with E-state index in [4.69, 9.17) is 11.6 Å². The highest BCUT2D eigenvalue weighted by atomic mass is 35.5. The van der Waals surface area contributed by atoms with Gasteiger partial charge in [-0.15, -0.1) is 0 Å². The van der Waals surface area contributed by atoms with E-state index in [1.165, 1.54) is 12.4 Å². The summed E-state index contributed by atoms with van der Waals surface area (Å²) in [5.41, 5.74) is 0.336. The molecular weight excluding hydrogens is 281 g/mol. The average molecular weight is 298 g/mol. The van der Waals surface area contributed by atoms with Crippen molar-refractivity contribution in [2.24, 2.45) is 0 Å². The Morgan fingerprint density at radius 3 is 2.90 bits per heavy atom. The van der Waals surface area contributed by atoms with Crippen molar-refractivity contribution in [1.29, 1.82) is 0 Å². The van der Waals surface area contributed by atoms with Gasteiger partial charge < -0.3 is 5.11 Å². The van der Waals surface area contributed by atoms with Crippen LogP contribution < -0.4 is 0 Å². The Morgan fingerprint density at radius 1 is 1.40 bits per heavy atom. The van der Waals surface area contributed by atoms with E-state index in [0.717, 1.165) is 13.0 Å². The number of halogens is 2. The quantitative estimate of drug-likeness (QED) is 0.892. The van der Waals surface area contributed by atoms with E-state index in [0.29, 0.717) is 22.8 Å². The third-order valence-corrected chi connectivity index (χ3v) is 3.40. The summed E-state index contributed by atoms with van der Waals surface area (Å²) in [5, 5.41) is 14.5. The predicted molar refractivity (Wildman–Crippen MR) is 75.1 cm³/mol. The first-order valence-electron chi connectivity index (χ1n) is 6.59. The number of aryl methyl sites for hydroxylation is 1. The van der Waals surface area contributed by atoms with Crippen molar-refractivity contribution in [2.45, 2.75) is 38.8 Å². The molecule has 0 spiro atoms. The molecule has 1 unspecified atom stereocenters. The number of hydrogen-bond donors (Lipinski definition) is 1. The van der Waals surface area contributed by atoms with Crippen LogP contribution in [0.4, 0.5) is 4.39 Å². The van der Waals surface area contributed by atoms with Crippen LogP contribution in [-0.2, 0) is 19.4 Å². The Labute approximate surface area is 122 Å². The Balaban J connectivity index is 2.05. The van der Waals surface area contributed by atoms with Crippen molar-refractivity contribution in [3.63, 3.8) is 0 Å². The maximum Gasteiger partial charge on any atom is 0.138 e. The number of nitrogens with zero attached hydrogens (tertiary/aromatic N) is 3. The molecule has 0 amide bonds. The molecule has 0 aliphatic carbocycles. The molecule has 0 bridgehead atoms. The molecule has 2 aromatic rings. The molecule has 4 nitrogen and oxygen atoms in total. The first-order chi connectivity index (χ1) is 9.61. The van der Waals surface area contributed by atoms with Gasteiger partial charge in [0.1, 0.15) is 18.0 Å². The molecule has 0 aliphatic heterocycles. The van der Waals surface area contributed by atoms with E-state index in [2.05, 4.69) is 10.1 Å². The van der Waals surface area contributed by atoms with Gasteiger partial charge in [0.2, 0.25) is 0 Å². The third-order valence-electron chi connectivity index (χ3n) is 3.05. The topological polar surface area (TPSA) is 50.9 Å². The first-order valence-corrected chi connectivity index (χ1v) is 6.97. The minimum Gasteiger partial charge on any atom is -0.392 e. The lowest BCUT2D eigenvalue weighted by molar-refractivity contribution is 0.170. The van der Waals surface area contributed by atoms with Crippen LogP contribution >= 0.6 is 11.6 Å².